The van der Waals surface area contributed by atoms with E-state index >= 15 is 0 Å². The Morgan fingerprint density at radius 2 is 2.43 bits per heavy atom. The van der Waals surface area contributed by atoms with Crippen LogP contribution in [0.25, 0.3) is 0 Å². The van der Waals surface area contributed by atoms with E-state index in [2.05, 4.69) is 15.6 Å². The van der Waals surface area contributed by atoms with Crippen LogP contribution in [0.3, 0.4) is 0 Å². The molecule has 1 aromatic rings. The van der Waals surface area contributed by atoms with Gasteiger partial charge < -0.3 is 10.1 Å². The lowest BCUT2D eigenvalue weighted by Crippen LogP contribution is -2.45. The summed E-state index contributed by atoms with van der Waals surface area (Å²) in [6.45, 7) is 0.838. The van der Waals surface area contributed by atoms with Crippen molar-refractivity contribution in [2.75, 3.05) is 19.0 Å². The molecule has 1 aromatic heterocycles. The lowest BCUT2D eigenvalue weighted by molar-refractivity contribution is -0.0602. The van der Waals surface area contributed by atoms with E-state index in [1.807, 2.05) is 7.05 Å². The average molecular weight is 196 g/mol. The highest BCUT2D eigenvalue weighted by Crippen LogP contribution is 2.34. The number of methoxy groups -OCH3 is 1. The summed E-state index contributed by atoms with van der Waals surface area (Å²) in [5, 5.41) is 11.0. The lowest BCUT2D eigenvalue weighted by Gasteiger charge is -2.40. The number of nitrogens with zero attached hydrogens (tertiary/aromatic N) is 3. The first-order valence-electron chi connectivity index (χ1n) is 4.89. The first-order chi connectivity index (χ1) is 6.76. The van der Waals surface area contributed by atoms with E-state index in [4.69, 9.17) is 4.74 Å². The Hall–Kier alpha value is -1.10. The predicted molar refractivity (Wildman–Crippen MR) is 53.1 cm³/mol. The smallest absolute Gasteiger partial charge is 0.144 e. The van der Waals surface area contributed by atoms with Gasteiger partial charge in [-0.15, -0.1) is 5.10 Å². The number of hydrogen-bond acceptors (Lipinski definition) is 4. The molecule has 0 bridgehead atoms. The van der Waals surface area contributed by atoms with Gasteiger partial charge in [0, 0.05) is 20.7 Å². The summed E-state index contributed by atoms with van der Waals surface area (Å²) in [6, 6.07) is 0. The van der Waals surface area contributed by atoms with Gasteiger partial charge in [-0.05, 0) is 19.3 Å². The van der Waals surface area contributed by atoms with E-state index < -0.39 is 0 Å². The third-order valence-corrected chi connectivity index (χ3v) is 3.00. The minimum Gasteiger partial charge on any atom is -0.376 e. The van der Waals surface area contributed by atoms with Crippen molar-refractivity contribution in [3.8, 4) is 0 Å². The molecule has 0 radical (unpaired) electrons. The van der Waals surface area contributed by atoms with Gasteiger partial charge in [0.05, 0.1) is 11.8 Å². The SMILES string of the molecule is COC1(CNc2cnnn2C)CCC1. The highest BCUT2D eigenvalue weighted by atomic mass is 16.5. The van der Waals surface area contributed by atoms with Crippen molar-refractivity contribution in [3.63, 3.8) is 0 Å². The van der Waals surface area contributed by atoms with Crippen LogP contribution in [0.4, 0.5) is 5.82 Å². The molecule has 0 saturated heterocycles. The van der Waals surface area contributed by atoms with Crippen LogP contribution in [0.15, 0.2) is 6.20 Å². The third kappa shape index (κ3) is 1.59. The summed E-state index contributed by atoms with van der Waals surface area (Å²) in [5.41, 5.74) is 0.0459. The summed E-state index contributed by atoms with van der Waals surface area (Å²) >= 11 is 0. The Bertz CT molecular complexity index is 300. The van der Waals surface area contributed by atoms with Crippen LogP contribution in [0.5, 0.6) is 0 Å². The fraction of sp³-hybridized carbons (Fsp3) is 0.778. The number of anilines is 1. The maximum absolute atomic E-state index is 5.50. The largest absolute Gasteiger partial charge is 0.376 e. The molecule has 0 aliphatic heterocycles. The van der Waals surface area contributed by atoms with Crippen LogP contribution in [-0.4, -0.2) is 34.2 Å². The van der Waals surface area contributed by atoms with Gasteiger partial charge in [-0.1, -0.05) is 5.21 Å². The van der Waals surface area contributed by atoms with Gasteiger partial charge in [-0.3, -0.25) is 0 Å². The van der Waals surface area contributed by atoms with E-state index in [0.717, 1.165) is 25.2 Å². The van der Waals surface area contributed by atoms with Gasteiger partial charge in [-0.25, -0.2) is 4.68 Å². The minimum absolute atomic E-state index is 0.0459. The van der Waals surface area contributed by atoms with E-state index in [9.17, 15) is 0 Å². The fourth-order valence-corrected chi connectivity index (χ4v) is 1.73. The van der Waals surface area contributed by atoms with Crippen molar-refractivity contribution in [3.05, 3.63) is 6.20 Å². The number of aromatic nitrogens is 3. The zero-order valence-electron chi connectivity index (χ0n) is 8.66. The molecule has 1 aliphatic rings. The van der Waals surface area contributed by atoms with Crippen molar-refractivity contribution in [1.29, 1.82) is 0 Å². The molecule has 78 valence electrons. The molecule has 5 heteroatoms. The third-order valence-electron chi connectivity index (χ3n) is 3.00. The summed E-state index contributed by atoms with van der Waals surface area (Å²) in [4.78, 5) is 0. The Kier molecular flexibility index (Phi) is 2.41. The lowest BCUT2D eigenvalue weighted by atomic mass is 9.80. The van der Waals surface area contributed by atoms with Gasteiger partial charge in [-0.2, -0.15) is 0 Å². The Morgan fingerprint density at radius 3 is 2.86 bits per heavy atom. The van der Waals surface area contributed by atoms with Crippen LogP contribution < -0.4 is 5.32 Å². The van der Waals surface area contributed by atoms with Crippen molar-refractivity contribution in [1.82, 2.24) is 15.0 Å². The molecule has 5 nitrogen and oxygen atoms in total. The molecule has 14 heavy (non-hydrogen) atoms. The number of nitrogens with one attached hydrogen (secondary N) is 1. The van der Waals surface area contributed by atoms with E-state index in [-0.39, 0.29) is 5.60 Å². The first-order valence-corrected chi connectivity index (χ1v) is 4.89. The van der Waals surface area contributed by atoms with E-state index in [1.165, 1.54) is 6.42 Å². The molecule has 0 spiro atoms. The van der Waals surface area contributed by atoms with Gasteiger partial charge >= 0.3 is 0 Å². The quantitative estimate of drug-likeness (QED) is 0.773. The molecule has 0 atom stereocenters. The molecule has 0 amide bonds. The van der Waals surface area contributed by atoms with Crippen LogP contribution in [0.2, 0.25) is 0 Å². The molecule has 2 rings (SSSR count). The zero-order valence-corrected chi connectivity index (χ0v) is 8.66. The summed E-state index contributed by atoms with van der Waals surface area (Å²) in [7, 11) is 3.65. The Labute approximate surface area is 83.4 Å². The van der Waals surface area contributed by atoms with Crippen LogP contribution in [0.1, 0.15) is 19.3 Å². The molecule has 1 N–H and O–H groups in total. The minimum atomic E-state index is 0.0459. The van der Waals surface area contributed by atoms with Crippen molar-refractivity contribution >= 4 is 5.82 Å². The maximum atomic E-state index is 5.50. The summed E-state index contributed by atoms with van der Waals surface area (Å²) < 4.78 is 7.22. The van der Waals surface area contributed by atoms with Gasteiger partial charge in [0.25, 0.3) is 0 Å². The van der Waals surface area contributed by atoms with E-state index in [1.54, 1.807) is 18.0 Å². The molecule has 1 aliphatic carbocycles. The van der Waals surface area contributed by atoms with Crippen molar-refractivity contribution in [2.45, 2.75) is 24.9 Å². The molecular weight excluding hydrogens is 180 g/mol. The first kappa shape index (κ1) is 9.45. The van der Waals surface area contributed by atoms with Gasteiger partial charge in [0.15, 0.2) is 0 Å². The van der Waals surface area contributed by atoms with Gasteiger partial charge in [0.2, 0.25) is 0 Å². The second kappa shape index (κ2) is 3.57. The maximum Gasteiger partial charge on any atom is 0.144 e. The highest BCUT2D eigenvalue weighted by molar-refractivity contribution is 5.31. The summed E-state index contributed by atoms with van der Waals surface area (Å²) in [5.74, 6) is 0.938. The fourth-order valence-electron chi connectivity index (χ4n) is 1.73. The molecule has 0 unspecified atom stereocenters. The van der Waals surface area contributed by atoms with Crippen LogP contribution in [0, 0.1) is 0 Å². The monoisotopic (exact) mass is 196 g/mol. The average Bonchev–Trinajstić information content (AvgIpc) is 2.51. The molecule has 1 fully saturated rings. The Balaban J connectivity index is 1.90. The van der Waals surface area contributed by atoms with E-state index in [0.29, 0.717) is 0 Å². The molecule has 1 heterocycles. The second-order valence-electron chi connectivity index (χ2n) is 3.84. The molecular formula is C9H16N4O. The predicted octanol–water partition coefficient (Wildman–Crippen LogP) is 0.796. The number of hydrogen-bond donors (Lipinski definition) is 1. The molecule has 0 aromatic carbocycles. The second-order valence-corrected chi connectivity index (χ2v) is 3.84. The van der Waals surface area contributed by atoms with Crippen molar-refractivity contribution in [2.24, 2.45) is 7.05 Å². The topological polar surface area (TPSA) is 52.0 Å². The van der Waals surface area contributed by atoms with Gasteiger partial charge in [0.1, 0.15) is 5.82 Å². The normalized spacial score (nSPS) is 19.0. The zero-order chi connectivity index (χ0) is 10.0. The number of ether oxygens (including phenoxy) is 1. The van der Waals surface area contributed by atoms with Crippen LogP contribution >= 0.6 is 0 Å². The van der Waals surface area contributed by atoms with Crippen molar-refractivity contribution < 1.29 is 4.74 Å². The highest BCUT2D eigenvalue weighted by Gasteiger charge is 2.36. The Morgan fingerprint density at radius 1 is 1.64 bits per heavy atom. The standard InChI is InChI=1S/C9H16N4O/c1-13-8(6-11-12-13)10-7-9(14-2)4-3-5-9/h6,10H,3-5,7H2,1-2H3. The van der Waals surface area contributed by atoms with Crippen LogP contribution in [-0.2, 0) is 11.8 Å². The number of rotatable bonds is 4. The molecule has 1 saturated carbocycles. The summed E-state index contributed by atoms with van der Waals surface area (Å²) in [6.07, 6.45) is 5.27. The number of aryl methyl sites for hydroxylation is 1.